The van der Waals surface area contributed by atoms with E-state index in [1.807, 2.05) is 13.8 Å². The van der Waals surface area contributed by atoms with Gasteiger partial charge in [0.15, 0.2) is 0 Å². The third kappa shape index (κ3) is 11.5. The van der Waals surface area contributed by atoms with Gasteiger partial charge in [0.25, 0.3) is 0 Å². The van der Waals surface area contributed by atoms with Crippen molar-refractivity contribution in [3.8, 4) is 0 Å². The number of aliphatic hydroxyl groups excluding tert-OH is 1. The first-order chi connectivity index (χ1) is 16.1. The highest BCUT2D eigenvalue weighted by molar-refractivity contribution is 5.87. The Balaban J connectivity index is 0.000000538. The molecular formula is C29H44O6. The van der Waals surface area contributed by atoms with Crippen LogP contribution in [-0.2, 0) is 0 Å². The molecule has 0 amide bonds. The molecule has 0 aliphatic heterocycles. The number of aliphatic hydroxyl groups is 2. The lowest BCUT2D eigenvalue weighted by atomic mass is 9.59. The van der Waals surface area contributed by atoms with Gasteiger partial charge in [-0.2, -0.15) is 0 Å². The molecule has 6 nitrogen and oxygen atoms in total. The molecule has 0 aliphatic rings. The number of carboxylic acid groups (broad SMARTS) is 2. The summed E-state index contributed by atoms with van der Waals surface area (Å²) in [5.41, 5.74) is -0.134. The van der Waals surface area contributed by atoms with Gasteiger partial charge in [0.05, 0.1) is 22.8 Å². The maximum atomic E-state index is 10.7. The Morgan fingerprint density at radius 3 is 1.40 bits per heavy atom. The predicted octanol–water partition coefficient (Wildman–Crippen LogP) is 6.52. The van der Waals surface area contributed by atoms with E-state index in [1.165, 1.54) is 0 Å². The first-order valence-electron chi connectivity index (χ1n) is 12.0. The summed E-state index contributed by atoms with van der Waals surface area (Å²) in [6.45, 7) is 14.7. The number of hydrogen-bond acceptors (Lipinski definition) is 4. The number of hydrogen-bond donors (Lipinski definition) is 4. The average Bonchev–Trinajstić information content (AvgIpc) is 2.80. The number of aromatic carboxylic acids is 2. The number of benzene rings is 2. The maximum absolute atomic E-state index is 10.7. The summed E-state index contributed by atoms with van der Waals surface area (Å²) in [6, 6.07) is 16.6. The molecule has 0 radical (unpaired) electrons. The van der Waals surface area contributed by atoms with Crippen molar-refractivity contribution in [1.82, 2.24) is 0 Å². The van der Waals surface area contributed by atoms with Gasteiger partial charge < -0.3 is 20.4 Å². The van der Waals surface area contributed by atoms with E-state index in [2.05, 4.69) is 34.6 Å². The van der Waals surface area contributed by atoms with Crippen LogP contribution in [0.25, 0.3) is 0 Å². The van der Waals surface area contributed by atoms with Gasteiger partial charge in [-0.1, -0.05) is 77.9 Å². The summed E-state index contributed by atoms with van der Waals surface area (Å²) in [4.78, 5) is 20.4. The van der Waals surface area contributed by atoms with Gasteiger partial charge in [0.1, 0.15) is 0 Å². The van der Waals surface area contributed by atoms with Gasteiger partial charge in [-0.05, 0) is 67.7 Å². The molecule has 4 N–H and O–H groups in total. The van der Waals surface area contributed by atoms with Gasteiger partial charge in [-0.15, -0.1) is 0 Å². The van der Waals surface area contributed by atoms with Crippen molar-refractivity contribution in [1.29, 1.82) is 0 Å². The van der Waals surface area contributed by atoms with Crippen LogP contribution < -0.4 is 0 Å². The van der Waals surface area contributed by atoms with E-state index in [9.17, 15) is 19.8 Å². The minimum Gasteiger partial charge on any atom is -0.478 e. The Morgan fingerprint density at radius 2 is 1.14 bits per heavy atom. The highest BCUT2D eigenvalue weighted by Gasteiger charge is 2.46. The number of rotatable bonds is 8. The van der Waals surface area contributed by atoms with Gasteiger partial charge >= 0.3 is 11.9 Å². The zero-order valence-electron chi connectivity index (χ0n) is 22.3. The minimum atomic E-state index is -0.879. The smallest absolute Gasteiger partial charge is 0.335 e. The molecule has 35 heavy (non-hydrogen) atoms. The summed E-state index contributed by atoms with van der Waals surface area (Å²) in [7, 11) is 0. The molecule has 0 aliphatic carbocycles. The molecule has 2 aromatic carbocycles. The van der Waals surface area contributed by atoms with E-state index in [1.54, 1.807) is 60.7 Å². The lowest BCUT2D eigenvalue weighted by molar-refractivity contribution is -0.114. The van der Waals surface area contributed by atoms with Crippen molar-refractivity contribution >= 4 is 11.9 Å². The quantitative estimate of drug-likeness (QED) is 0.336. The molecule has 0 heterocycles. The van der Waals surface area contributed by atoms with Crippen LogP contribution in [0, 0.1) is 10.8 Å². The van der Waals surface area contributed by atoms with Crippen molar-refractivity contribution in [3.63, 3.8) is 0 Å². The topological polar surface area (TPSA) is 115 Å². The van der Waals surface area contributed by atoms with Crippen LogP contribution in [0.2, 0.25) is 0 Å². The van der Waals surface area contributed by atoms with Crippen molar-refractivity contribution < 1.29 is 30.0 Å². The highest BCUT2D eigenvalue weighted by atomic mass is 16.4. The molecule has 2 aromatic rings. The Hall–Kier alpha value is -2.70. The average molecular weight is 489 g/mol. The Morgan fingerprint density at radius 1 is 0.771 bits per heavy atom. The van der Waals surface area contributed by atoms with E-state index in [0.717, 1.165) is 25.7 Å². The van der Waals surface area contributed by atoms with Crippen LogP contribution in [0.5, 0.6) is 0 Å². The second kappa shape index (κ2) is 14.6. The summed E-state index contributed by atoms with van der Waals surface area (Å²) in [5, 5.41) is 37.0. The largest absolute Gasteiger partial charge is 0.478 e. The second-order valence-corrected chi connectivity index (χ2v) is 10.4. The van der Waals surface area contributed by atoms with Crippen LogP contribution in [0.3, 0.4) is 0 Å². The fourth-order valence-corrected chi connectivity index (χ4v) is 3.17. The fraction of sp³-hybridized carbons (Fsp3) is 0.517. The second-order valence-electron chi connectivity index (χ2n) is 10.4. The molecule has 0 saturated heterocycles. The molecule has 0 bridgehead atoms. The molecule has 2 atom stereocenters. The lowest BCUT2D eigenvalue weighted by Crippen LogP contribution is -2.49. The van der Waals surface area contributed by atoms with Crippen LogP contribution in [0.4, 0.5) is 0 Å². The Kier molecular flexibility index (Phi) is 13.5. The minimum absolute atomic E-state index is 0.0554. The number of carbonyl (C=O) groups is 2. The summed E-state index contributed by atoms with van der Waals surface area (Å²) >= 11 is 0. The van der Waals surface area contributed by atoms with Crippen LogP contribution in [0.15, 0.2) is 60.7 Å². The Labute approximate surface area is 210 Å². The molecule has 0 aromatic heterocycles. The SMILES string of the molecule is CCC(O)CCCC(C)(O)C(C)(C)C(C)(C)C.O=C(O)c1ccccc1.O=C(O)c1ccccc1. The third-order valence-corrected chi connectivity index (χ3v) is 6.94. The number of carboxylic acids is 2. The first kappa shape index (κ1) is 32.3. The summed E-state index contributed by atoms with van der Waals surface area (Å²) in [6.07, 6.45) is 2.98. The van der Waals surface area contributed by atoms with E-state index >= 15 is 0 Å². The van der Waals surface area contributed by atoms with Crippen LogP contribution in [0.1, 0.15) is 94.9 Å². The molecule has 0 saturated carbocycles. The predicted molar refractivity (Wildman–Crippen MR) is 141 cm³/mol. The molecule has 6 heteroatoms. The van der Waals surface area contributed by atoms with E-state index in [4.69, 9.17) is 10.2 Å². The molecule has 196 valence electrons. The van der Waals surface area contributed by atoms with Crippen molar-refractivity contribution in [3.05, 3.63) is 71.8 Å². The van der Waals surface area contributed by atoms with E-state index in [0.29, 0.717) is 11.1 Å². The van der Waals surface area contributed by atoms with Crippen molar-refractivity contribution in [2.45, 2.75) is 85.9 Å². The van der Waals surface area contributed by atoms with Crippen molar-refractivity contribution in [2.75, 3.05) is 0 Å². The molecule has 0 spiro atoms. The van der Waals surface area contributed by atoms with Gasteiger partial charge in [0.2, 0.25) is 0 Å². The summed E-state index contributed by atoms with van der Waals surface area (Å²) in [5.74, 6) is -1.76. The van der Waals surface area contributed by atoms with Gasteiger partial charge in [-0.25, -0.2) is 9.59 Å². The first-order valence-corrected chi connectivity index (χ1v) is 12.0. The molecule has 2 unspecified atom stereocenters. The summed E-state index contributed by atoms with van der Waals surface area (Å²) < 4.78 is 0. The zero-order chi connectivity index (χ0) is 27.3. The van der Waals surface area contributed by atoms with Crippen molar-refractivity contribution in [2.24, 2.45) is 10.8 Å². The van der Waals surface area contributed by atoms with E-state index in [-0.39, 0.29) is 16.9 Å². The van der Waals surface area contributed by atoms with Gasteiger partial charge in [0, 0.05) is 0 Å². The zero-order valence-corrected chi connectivity index (χ0v) is 22.3. The standard InChI is InChI=1S/C15H32O2.2C7H6O2/c1-8-12(16)10-9-11-15(7,17)14(5,6)13(2,3)4;2*8-7(9)6-4-2-1-3-5-6/h12,16-17H,8-11H2,1-7H3;2*1-5H,(H,8,9). The lowest BCUT2D eigenvalue weighted by Gasteiger charge is -2.49. The molecular weight excluding hydrogens is 444 g/mol. The molecule has 2 rings (SSSR count). The third-order valence-electron chi connectivity index (χ3n) is 6.94. The molecule has 0 fully saturated rings. The van der Waals surface area contributed by atoms with E-state index < -0.39 is 17.5 Å². The fourth-order valence-electron chi connectivity index (χ4n) is 3.17. The Bertz CT molecular complexity index is 818. The normalized spacial score (nSPS) is 13.7. The van der Waals surface area contributed by atoms with Crippen LogP contribution in [-0.4, -0.2) is 44.1 Å². The van der Waals surface area contributed by atoms with Crippen LogP contribution >= 0.6 is 0 Å². The highest BCUT2D eigenvalue weighted by Crippen LogP contribution is 2.48. The monoisotopic (exact) mass is 488 g/mol. The van der Waals surface area contributed by atoms with Gasteiger partial charge in [-0.3, -0.25) is 0 Å². The maximum Gasteiger partial charge on any atom is 0.335 e.